The van der Waals surface area contributed by atoms with Gasteiger partial charge >= 0.3 is 0 Å². The highest BCUT2D eigenvalue weighted by Crippen LogP contribution is 2.14. The van der Waals surface area contributed by atoms with Crippen LogP contribution in [0.4, 0.5) is 5.82 Å². The van der Waals surface area contributed by atoms with Crippen LogP contribution in [0.25, 0.3) is 0 Å². The average molecular weight is 452 g/mol. The molecule has 0 saturated carbocycles. The minimum atomic E-state index is -3.66. The third kappa shape index (κ3) is 7.30. The van der Waals surface area contributed by atoms with Gasteiger partial charge in [0.05, 0.1) is 13.2 Å². The first kappa shape index (κ1) is 24.2. The van der Waals surface area contributed by atoms with Crippen LogP contribution in [0.2, 0.25) is 5.15 Å². The Kier molecular flexibility index (Phi) is 8.73. The van der Waals surface area contributed by atoms with Gasteiger partial charge in [-0.05, 0) is 24.3 Å². The summed E-state index contributed by atoms with van der Waals surface area (Å²) in [4.78, 5) is 9.66. The largest absolute Gasteiger partial charge is 0.378 e. The number of primary sulfonamides is 2. The highest BCUT2D eigenvalue weighted by Gasteiger charge is 2.14. The molecule has 3 rings (SSSR count). The first-order valence-corrected chi connectivity index (χ1v) is 11.0. The number of nitrogens with two attached hydrogens (primary N) is 2. The van der Waals surface area contributed by atoms with Gasteiger partial charge in [0.1, 0.15) is 20.8 Å². The quantitative estimate of drug-likeness (QED) is 0.641. The number of rotatable bonds is 3. The first-order valence-electron chi connectivity index (χ1n) is 7.53. The first-order chi connectivity index (χ1) is 12.6. The molecular weight excluding hydrogens is 430 g/mol. The Morgan fingerprint density at radius 2 is 1.39 bits per heavy atom. The zero-order valence-corrected chi connectivity index (χ0v) is 16.4. The van der Waals surface area contributed by atoms with Gasteiger partial charge in [0.2, 0.25) is 20.0 Å². The van der Waals surface area contributed by atoms with Crippen molar-refractivity contribution in [1.29, 1.82) is 0 Å². The summed E-state index contributed by atoms with van der Waals surface area (Å²) in [5, 5.41) is 10.0. The molecule has 1 aliphatic heterocycles. The lowest BCUT2D eigenvalue weighted by molar-refractivity contribution is 0.122. The van der Waals surface area contributed by atoms with E-state index in [9.17, 15) is 16.8 Å². The Hall–Kier alpha value is -1.83. The molecule has 0 amide bonds. The maximum Gasteiger partial charge on any atom is 0.239 e. The minimum Gasteiger partial charge on any atom is -0.378 e. The molecule has 1 fully saturated rings. The number of sulfonamides is 2. The molecule has 1 aliphatic rings. The second-order valence-corrected chi connectivity index (χ2v) is 8.87. The van der Waals surface area contributed by atoms with Crippen LogP contribution in [0.5, 0.6) is 0 Å². The molecular formula is C15H22ClN5O5S2. The van der Waals surface area contributed by atoms with Gasteiger partial charge in [-0.2, -0.15) is 0 Å². The predicted molar refractivity (Wildman–Crippen MR) is 106 cm³/mol. The van der Waals surface area contributed by atoms with Crippen molar-refractivity contribution in [3.63, 3.8) is 0 Å². The summed E-state index contributed by atoms with van der Waals surface area (Å²) in [6.07, 6.45) is 2.39. The lowest BCUT2D eigenvalue weighted by atomic mass is 10.4. The number of ether oxygens (including phenoxy) is 1. The number of aromatic nitrogens is 2. The number of anilines is 1. The molecule has 0 bridgehead atoms. The van der Waals surface area contributed by atoms with Crippen LogP contribution in [0.15, 0.2) is 46.5 Å². The molecule has 0 spiro atoms. The highest BCUT2D eigenvalue weighted by atomic mass is 35.5. The summed E-state index contributed by atoms with van der Waals surface area (Å²) in [7, 11) is -7.30. The fourth-order valence-electron chi connectivity index (χ4n) is 2.05. The van der Waals surface area contributed by atoms with E-state index in [0.717, 1.165) is 25.1 Å². The van der Waals surface area contributed by atoms with Crippen molar-refractivity contribution in [2.45, 2.75) is 17.2 Å². The number of pyridine rings is 2. The van der Waals surface area contributed by atoms with Crippen LogP contribution >= 0.6 is 11.6 Å². The number of morpholine rings is 1. The molecule has 0 radical (unpaired) electrons. The Morgan fingerprint density at radius 3 is 1.79 bits per heavy atom. The Bertz CT molecular complexity index is 961. The number of halogens is 1. The molecule has 0 aromatic carbocycles. The summed E-state index contributed by atoms with van der Waals surface area (Å²) >= 11 is 5.42. The summed E-state index contributed by atoms with van der Waals surface area (Å²) < 4.78 is 48.5. The molecule has 10 nitrogen and oxygen atoms in total. The third-order valence-electron chi connectivity index (χ3n) is 3.41. The topological polar surface area (TPSA) is 159 Å². The van der Waals surface area contributed by atoms with E-state index in [1.54, 1.807) is 6.07 Å². The van der Waals surface area contributed by atoms with E-state index in [2.05, 4.69) is 9.97 Å². The van der Waals surface area contributed by atoms with Crippen molar-refractivity contribution < 1.29 is 21.6 Å². The summed E-state index contributed by atoms with van der Waals surface area (Å²) in [6.45, 7) is 2.86. The average Bonchev–Trinajstić information content (AvgIpc) is 2.62. The normalized spacial score (nSPS) is 14.5. The molecule has 3 heterocycles. The number of hydrogen-bond acceptors (Lipinski definition) is 8. The summed E-state index contributed by atoms with van der Waals surface area (Å²) in [6, 6.07) is 5.78. The Morgan fingerprint density at radius 1 is 0.893 bits per heavy atom. The minimum absolute atomic E-state index is 0. The van der Waals surface area contributed by atoms with E-state index in [0.29, 0.717) is 13.2 Å². The van der Waals surface area contributed by atoms with Crippen molar-refractivity contribution in [3.8, 4) is 0 Å². The zero-order valence-electron chi connectivity index (χ0n) is 14.0. The van der Waals surface area contributed by atoms with Crippen molar-refractivity contribution in [3.05, 3.63) is 41.8 Å². The van der Waals surface area contributed by atoms with Crippen LogP contribution in [0.1, 0.15) is 7.43 Å². The van der Waals surface area contributed by atoms with Gasteiger partial charge in [-0.3, -0.25) is 0 Å². The second-order valence-electron chi connectivity index (χ2n) is 5.36. The van der Waals surface area contributed by atoms with Crippen molar-refractivity contribution in [2.24, 2.45) is 10.3 Å². The van der Waals surface area contributed by atoms with E-state index in [-0.39, 0.29) is 22.4 Å². The van der Waals surface area contributed by atoms with E-state index in [1.807, 2.05) is 4.90 Å². The highest BCUT2D eigenvalue weighted by molar-refractivity contribution is 7.89. The lowest BCUT2D eigenvalue weighted by Gasteiger charge is -2.27. The van der Waals surface area contributed by atoms with E-state index < -0.39 is 20.0 Å². The SMILES string of the molecule is C.NS(=O)(=O)c1ccc(Cl)nc1.NS(=O)(=O)c1ccc(N2CCOCC2)nc1. The molecule has 2 aromatic heterocycles. The van der Waals surface area contributed by atoms with Crippen molar-refractivity contribution in [2.75, 3.05) is 31.2 Å². The fourth-order valence-corrected chi connectivity index (χ4v) is 3.08. The van der Waals surface area contributed by atoms with Gasteiger partial charge in [-0.1, -0.05) is 19.0 Å². The third-order valence-corrected chi connectivity index (χ3v) is 5.43. The van der Waals surface area contributed by atoms with Crippen LogP contribution in [-0.2, 0) is 24.8 Å². The summed E-state index contributed by atoms with van der Waals surface area (Å²) in [5.41, 5.74) is 0. The maximum absolute atomic E-state index is 11.0. The monoisotopic (exact) mass is 451 g/mol. The van der Waals surface area contributed by atoms with Crippen LogP contribution in [0, 0.1) is 0 Å². The number of nitrogens with zero attached hydrogens (tertiary/aromatic N) is 3. The molecule has 0 atom stereocenters. The van der Waals surface area contributed by atoms with Gasteiger partial charge < -0.3 is 9.64 Å². The standard InChI is InChI=1S/C9H13N3O3S.C5H5ClN2O2S.CH4/c10-16(13,14)8-1-2-9(11-7-8)12-3-5-15-6-4-12;6-5-2-1-4(3-8-5)11(7,9)10;/h1-2,7H,3-6H2,(H2,10,13,14);1-3H,(H2,7,9,10);1H4. The molecule has 4 N–H and O–H groups in total. The summed E-state index contributed by atoms with van der Waals surface area (Å²) in [5.74, 6) is 0.746. The second kappa shape index (κ2) is 10.1. The molecule has 2 aromatic rings. The molecule has 13 heteroatoms. The van der Waals surface area contributed by atoms with Gasteiger partial charge in [0.25, 0.3) is 0 Å². The van der Waals surface area contributed by atoms with Crippen LogP contribution in [-0.4, -0.2) is 53.1 Å². The van der Waals surface area contributed by atoms with Crippen LogP contribution in [0.3, 0.4) is 0 Å². The molecule has 0 aliphatic carbocycles. The Balaban J connectivity index is 0.000000289. The van der Waals surface area contributed by atoms with Crippen molar-refractivity contribution in [1.82, 2.24) is 9.97 Å². The smallest absolute Gasteiger partial charge is 0.239 e. The van der Waals surface area contributed by atoms with E-state index >= 15 is 0 Å². The molecule has 0 unspecified atom stereocenters. The lowest BCUT2D eigenvalue weighted by Crippen LogP contribution is -2.36. The van der Waals surface area contributed by atoms with Gasteiger partial charge in [-0.15, -0.1) is 0 Å². The van der Waals surface area contributed by atoms with Crippen LogP contribution < -0.4 is 15.2 Å². The fraction of sp³-hybridized carbons (Fsp3) is 0.333. The van der Waals surface area contributed by atoms with E-state index in [1.165, 1.54) is 24.4 Å². The Labute approximate surface area is 169 Å². The molecule has 1 saturated heterocycles. The van der Waals surface area contributed by atoms with Gasteiger partial charge in [0, 0.05) is 25.5 Å². The van der Waals surface area contributed by atoms with Gasteiger partial charge in [-0.25, -0.2) is 37.1 Å². The molecule has 28 heavy (non-hydrogen) atoms. The van der Waals surface area contributed by atoms with Crippen molar-refractivity contribution >= 4 is 37.5 Å². The number of hydrogen-bond donors (Lipinski definition) is 2. The maximum atomic E-state index is 11.0. The van der Waals surface area contributed by atoms with Gasteiger partial charge in [0.15, 0.2) is 0 Å². The predicted octanol–water partition coefficient (Wildman–Crippen LogP) is 0.584. The zero-order chi connectivity index (χ0) is 20.1. The molecule has 156 valence electrons. The van der Waals surface area contributed by atoms with E-state index in [4.69, 9.17) is 26.6 Å².